The lowest BCUT2D eigenvalue weighted by atomic mass is 10.5. The maximum Gasteiger partial charge on any atom is 0.277 e. The van der Waals surface area contributed by atoms with E-state index in [1.807, 2.05) is 0 Å². The minimum Gasteiger partial charge on any atom is -0.468 e. The third kappa shape index (κ3) is 3.87. The lowest BCUT2D eigenvalue weighted by Gasteiger charge is -2.14. The molecule has 0 atom stereocenters. The number of hydrogen-bond donors (Lipinski definition) is 3. The van der Waals surface area contributed by atoms with Crippen molar-refractivity contribution in [1.82, 2.24) is 10.2 Å². The molecule has 0 aliphatic rings. The van der Waals surface area contributed by atoms with Gasteiger partial charge in [-0.3, -0.25) is 10.1 Å². The average Bonchev–Trinajstić information content (AvgIpc) is 2.97. The second-order valence-corrected chi connectivity index (χ2v) is 5.43. The first-order valence-corrected chi connectivity index (χ1v) is 6.87. The number of hydrogen-bond acceptors (Lipinski definition) is 3. The van der Waals surface area contributed by atoms with Crippen LogP contribution in [0, 0.1) is 0 Å². The Morgan fingerprint density at radius 2 is 1.53 bits per heavy atom. The van der Waals surface area contributed by atoms with Gasteiger partial charge < -0.3 is 8.83 Å². The van der Waals surface area contributed by atoms with E-state index in [4.69, 9.17) is 14.3 Å². The molecular formula is C10H14N3O3P. The molecule has 0 amide bonds. The summed E-state index contributed by atoms with van der Waals surface area (Å²) in [5, 5.41) is 5.42. The normalized spacial score (nSPS) is 11.8. The van der Waals surface area contributed by atoms with Gasteiger partial charge in [-0.25, -0.2) is 10.2 Å². The highest BCUT2D eigenvalue weighted by Crippen LogP contribution is 2.26. The van der Waals surface area contributed by atoms with Gasteiger partial charge in [-0.05, 0) is 24.3 Å². The highest BCUT2D eigenvalue weighted by Gasteiger charge is 2.15. The molecule has 0 aliphatic heterocycles. The van der Waals surface area contributed by atoms with Gasteiger partial charge in [0.15, 0.2) is 0 Å². The molecule has 0 spiro atoms. The van der Waals surface area contributed by atoms with Crippen LogP contribution in [0.15, 0.2) is 45.6 Å². The van der Waals surface area contributed by atoms with Gasteiger partial charge in [-0.2, -0.15) is 0 Å². The molecule has 6 nitrogen and oxygen atoms in total. The summed E-state index contributed by atoms with van der Waals surface area (Å²) in [5.41, 5.74) is 5.60. The Morgan fingerprint density at radius 1 is 1.06 bits per heavy atom. The van der Waals surface area contributed by atoms with Crippen LogP contribution in [-0.2, 0) is 17.7 Å². The van der Waals surface area contributed by atoms with Gasteiger partial charge in [0, 0.05) is 0 Å². The summed E-state index contributed by atoms with van der Waals surface area (Å²) in [5.74, 6) is 1.35. The minimum atomic E-state index is -3.09. The van der Waals surface area contributed by atoms with E-state index in [0.29, 0.717) is 24.6 Å². The van der Waals surface area contributed by atoms with Gasteiger partial charge in [-0.1, -0.05) is 0 Å². The lowest BCUT2D eigenvalue weighted by Crippen LogP contribution is -2.27. The molecule has 0 aliphatic carbocycles. The van der Waals surface area contributed by atoms with Gasteiger partial charge in [0.2, 0.25) is 0 Å². The Bertz CT molecular complexity index is 439. The summed E-state index contributed by atoms with van der Waals surface area (Å²) in [6.07, 6.45) is 3.10. The number of nitrogens with one attached hydrogen (secondary N) is 2. The first-order valence-electron chi connectivity index (χ1n) is 5.09. The van der Waals surface area contributed by atoms with Gasteiger partial charge in [0.1, 0.15) is 11.5 Å². The van der Waals surface area contributed by atoms with Gasteiger partial charge >= 0.3 is 0 Å². The summed E-state index contributed by atoms with van der Waals surface area (Å²) in [6, 6.07) is 7.07. The maximum atomic E-state index is 11.9. The standard InChI is InChI=1S/C10H14N3O3P/c11-17(14,12-7-9-3-1-5-15-9)13-8-10-4-2-6-16-10/h1-6H,7-8H2,(H4,11,12,13,14). The first-order chi connectivity index (χ1) is 8.16. The fraction of sp³-hybridized carbons (Fsp3) is 0.200. The van der Waals surface area contributed by atoms with Crippen LogP contribution in [0.25, 0.3) is 0 Å². The van der Waals surface area contributed by atoms with Crippen LogP contribution in [-0.4, -0.2) is 0 Å². The third-order valence-electron chi connectivity index (χ3n) is 2.14. The fourth-order valence-corrected chi connectivity index (χ4v) is 2.17. The van der Waals surface area contributed by atoms with Crippen molar-refractivity contribution in [2.24, 2.45) is 5.50 Å². The SMILES string of the molecule is NP(=O)(NCc1ccco1)NCc1ccco1. The van der Waals surface area contributed by atoms with Crippen LogP contribution >= 0.6 is 7.59 Å². The van der Waals surface area contributed by atoms with Crippen molar-refractivity contribution in [3.8, 4) is 0 Å². The number of nitrogens with two attached hydrogens (primary N) is 1. The Labute approximate surface area is 98.7 Å². The molecular weight excluding hydrogens is 241 g/mol. The molecule has 0 bridgehead atoms. The first kappa shape index (κ1) is 12.1. The van der Waals surface area contributed by atoms with Crippen molar-refractivity contribution >= 4 is 7.59 Å². The zero-order valence-electron chi connectivity index (χ0n) is 9.13. The monoisotopic (exact) mass is 255 g/mol. The summed E-state index contributed by atoms with van der Waals surface area (Å²) in [6.45, 7) is 0.623. The highest BCUT2D eigenvalue weighted by atomic mass is 31.2. The van der Waals surface area contributed by atoms with Gasteiger partial charge in [-0.15, -0.1) is 0 Å². The molecule has 17 heavy (non-hydrogen) atoms. The summed E-state index contributed by atoms with van der Waals surface area (Å²) in [7, 11) is -3.09. The van der Waals surface area contributed by atoms with Crippen LogP contribution in [0.4, 0.5) is 0 Å². The van der Waals surface area contributed by atoms with E-state index >= 15 is 0 Å². The second kappa shape index (κ2) is 5.33. The fourth-order valence-electron chi connectivity index (χ4n) is 1.27. The molecule has 0 fully saturated rings. The van der Waals surface area contributed by atoms with E-state index in [1.165, 1.54) is 0 Å². The van der Waals surface area contributed by atoms with Crippen molar-refractivity contribution < 1.29 is 13.4 Å². The molecule has 0 unspecified atom stereocenters. The number of furan rings is 2. The molecule has 92 valence electrons. The van der Waals surface area contributed by atoms with Crippen molar-refractivity contribution in [3.63, 3.8) is 0 Å². The summed E-state index contributed by atoms with van der Waals surface area (Å²) < 4.78 is 22.1. The number of rotatable bonds is 6. The highest BCUT2D eigenvalue weighted by molar-refractivity contribution is 7.57. The molecule has 2 aromatic heterocycles. The van der Waals surface area contributed by atoms with Crippen molar-refractivity contribution in [3.05, 3.63) is 48.3 Å². The molecule has 7 heteroatoms. The van der Waals surface area contributed by atoms with Crippen molar-refractivity contribution in [1.29, 1.82) is 0 Å². The van der Waals surface area contributed by atoms with Crippen LogP contribution in [0.1, 0.15) is 11.5 Å². The van der Waals surface area contributed by atoms with Crippen molar-refractivity contribution in [2.45, 2.75) is 13.1 Å². The molecule has 4 N–H and O–H groups in total. The Morgan fingerprint density at radius 3 is 1.88 bits per heavy atom. The van der Waals surface area contributed by atoms with Gasteiger partial charge in [0.25, 0.3) is 7.59 Å². The Kier molecular flexibility index (Phi) is 3.81. The van der Waals surface area contributed by atoms with Crippen LogP contribution in [0.2, 0.25) is 0 Å². The average molecular weight is 255 g/mol. The molecule has 0 saturated heterocycles. The molecule has 0 aromatic carbocycles. The molecule has 0 saturated carbocycles. The minimum absolute atomic E-state index is 0.311. The van der Waals surface area contributed by atoms with E-state index < -0.39 is 7.59 Å². The Hall–Kier alpha value is -1.33. The second-order valence-electron chi connectivity index (χ2n) is 3.49. The topological polar surface area (TPSA) is 93.4 Å². The summed E-state index contributed by atoms with van der Waals surface area (Å²) in [4.78, 5) is 0. The maximum absolute atomic E-state index is 11.9. The zero-order valence-corrected chi connectivity index (χ0v) is 10.0. The zero-order chi connectivity index (χ0) is 12.1. The van der Waals surface area contributed by atoms with E-state index in [-0.39, 0.29) is 0 Å². The van der Waals surface area contributed by atoms with Gasteiger partial charge in [0.05, 0.1) is 25.6 Å². The molecule has 2 rings (SSSR count). The smallest absolute Gasteiger partial charge is 0.277 e. The summed E-state index contributed by atoms with van der Waals surface area (Å²) >= 11 is 0. The largest absolute Gasteiger partial charge is 0.468 e. The van der Waals surface area contributed by atoms with Crippen LogP contribution in [0.3, 0.4) is 0 Å². The lowest BCUT2D eigenvalue weighted by molar-refractivity contribution is 0.485. The van der Waals surface area contributed by atoms with Crippen LogP contribution in [0.5, 0.6) is 0 Å². The predicted octanol–water partition coefficient (Wildman–Crippen LogP) is 1.82. The third-order valence-corrected chi connectivity index (χ3v) is 3.39. The quantitative estimate of drug-likeness (QED) is 0.682. The molecule has 2 aromatic rings. The predicted molar refractivity (Wildman–Crippen MR) is 62.9 cm³/mol. The van der Waals surface area contributed by atoms with E-state index in [1.54, 1.807) is 36.8 Å². The Balaban J connectivity index is 1.80. The molecule has 2 heterocycles. The molecule has 0 radical (unpaired) electrons. The van der Waals surface area contributed by atoms with E-state index in [0.717, 1.165) is 0 Å². The van der Waals surface area contributed by atoms with E-state index in [2.05, 4.69) is 10.2 Å². The van der Waals surface area contributed by atoms with Crippen LogP contribution < -0.4 is 15.7 Å². The van der Waals surface area contributed by atoms with Crippen molar-refractivity contribution in [2.75, 3.05) is 0 Å². The van der Waals surface area contributed by atoms with E-state index in [9.17, 15) is 4.57 Å².